The van der Waals surface area contributed by atoms with Gasteiger partial charge in [0.15, 0.2) is 5.82 Å². The Morgan fingerprint density at radius 2 is 1.63 bits per heavy atom. The number of nitrogens with zero attached hydrogens (tertiary/aromatic N) is 4. The lowest BCUT2D eigenvalue weighted by Gasteiger charge is -2.35. The molecule has 0 spiro atoms. The van der Waals surface area contributed by atoms with Crippen LogP contribution < -0.4 is 10.2 Å². The number of nitrogens with one attached hydrogen (secondary N) is 1. The summed E-state index contributed by atoms with van der Waals surface area (Å²) in [5, 5.41) is 12.4. The molecule has 0 aliphatic carbocycles. The first-order valence-electron chi connectivity index (χ1n) is 10.1. The molecule has 1 fully saturated rings. The van der Waals surface area contributed by atoms with Crippen LogP contribution in [0.1, 0.15) is 12.5 Å². The fourth-order valence-corrected chi connectivity index (χ4v) is 3.56. The predicted octanol–water partition coefficient (Wildman–Crippen LogP) is 4.71. The van der Waals surface area contributed by atoms with E-state index in [1.165, 1.54) is 5.56 Å². The van der Waals surface area contributed by atoms with E-state index in [9.17, 15) is 4.79 Å². The van der Waals surface area contributed by atoms with E-state index in [2.05, 4.69) is 27.3 Å². The van der Waals surface area contributed by atoms with E-state index in [4.69, 9.17) is 11.6 Å². The van der Waals surface area contributed by atoms with Gasteiger partial charge in [0, 0.05) is 42.5 Å². The van der Waals surface area contributed by atoms with Crippen LogP contribution in [0.4, 0.5) is 16.3 Å². The monoisotopic (exact) mass is 421 g/mol. The summed E-state index contributed by atoms with van der Waals surface area (Å²) in [6.45, 7) is 4.83. The average molecular weight is 422 g/mol. The molecule has 2 amide bonds. The minimum Gasteiger partial charge on any atom is -0.352 e. The van der Waals surface area contributed by atoms with Crippen molar-refractivity contribution in [2.45, 2.75) is 13.3 Å². The van der Waals surface area contributed by atoms with Crippen molar-refractivity contribution >= 4 is 29.1 Å². The van der Waals surface area contributed by atoms with Gasteiger partial charge < -0.3 is 15.1 Å². The Balaban J connectivity index is 1.32. The summed E-state index contributed by atoms with van der Waals surface area (Å²) < 4.78 is 0. The molecule has 0 radical (unpaired) electrons. The van der Waals surface area contributed by atoms with Crippen molar-refractivity contribution in [2.24, 2.45) is 0 Å². The smallest absolute Gasteiger partial charge is 0.321 e. The van der Waals surface area contributed by atoms with Crippen LogP contribution in [-0.2, 0) is 6.42 Å². The Morgan fingerprint density at radius 3 is 2.23 bits per heavy atom. The fraction of sp³-hybridized carbons (Fsp3) is 0.261. The Morgan fingerprint density at radius 1 is 0.933 bits per heavy atom. The van der Waals surface area contributed by atoms with Gasteiger partial charge in [-0.1, -0.05) is 42.8 Å². The number of piperazine rings is 1. The van der Waals surface area contributed by atoms with E-state index >= 15 is 0 Å². The summed E-state index contributed by atoms with van der Waals surface area (Å²) >= 11 is 5.94. The SMILES string of the molecule is CCc1ccc(NC(=O)N2CCN(c3ccc(-c4ccc(Cl)cc4)nn3)CC2)cc1. The van der Waals surface area contributed by atoms with Gasteiger partial charge in [-0.15, -0.1) is 10.2 Å². The number of amides is 2. The highest BCUT2D eigenvalue weighted by Crippen LogP contribution is 2.21. The molecule has 1 aliphatic heterocycles. The predicted molar refractivity (Wildman–Crippen MR) is 121 cm³/mol. The number of hydrogen-bond donors (Lipinski definition) is 1. The molecule has 6 nitrogen and oxygen atoms in total. The second-order valence-electron chi connectivity index (χ2n) is 7.24. The number of urea groups is 1. The second-order valence-corrected chi connectivity index (χ2v) is 7.67. The van der Waals surface area contributed by atoms with Crippen LogP contribution in [0, 0.1) is 0 Å². The van der Waals surface area contributed by atoms with Crippen molar-refractivity contribution in [3.05, 3.63) is 71.2 Å². The van der Waals surface area contributed by atoms with Gasteiger partial charge in [0.2, 0.25) is 0 Å². The van der Waals surface area contributed by atoms with Gasteiger partial charge in [0.1, 0.15) is 0 Å². The number of anilines is 2. The van der Waals surface area contributed by atoms with Crippen LogP contribution in [0.2, 0.25) is 5.02 Å². The number of carbonyl (C=O) groups excluding carboxylic acids is 1. The molecule has 0 atom stereocenters. The number of halogens is 1. The maximum absolute atomic E-state index is 12.5. The van der Waals surface area contributed by atoms with Crippen LogP contribution in [-0.4, -0.2) is 47.3 Å². The Kier molecular flexibility index (Phi) is 6.14. The zero-order valence-corrected chi connectivity index (χ0v) is 17.6. The number of hydrogen-bond acceptors (Lipinski definition) is 4. The molecule has 30 heavy (non-hydrogen) atoms. The minimum absolute atomic E-state index is 0.0666. The lowest BCUT2D eigenvalue weighted by Crippen LogP contribution is -2.50. The first kappa shape index (κ1) is 20.2. The van der Waals surface area contributed by atoms with E-state index in [0.717, 1.165) is 42.3 Å². The molecule has 1 saturated heterocycles. The van der Waals surface area contributed by atoms with Crippen LogP contribution >= 0.6 is 11.6 Å². The third-order valence-electron chi connectivity index (χ3n) is 5.29. The third-order valence-corrected chi connectivity index (χ3v) is 5.55. The number of aryl methyl sites for hydroxylation is 1. The third kappa shape index (κ3) is 4.71. The zero-order valence-electron chi connectivity index (χ0n) is 16.9. The van der Waals surface area contributed by atoms with Crippen LogP contribution in [0.25, 0.3) is 11.3 Å². The minimum atomic E-state index is -0.0666. The number of aromatic nitrogens is 2. The van der Waals surface area contributed by atoms with Gasteiger partial charge in [-0.25, -0.2) is 4.79 Å². The molecule has 2 heterocycles. The molecule has 2 aromatic carbocycles. The van der Waals surface area contributed by atoms with E-state index in [-0.39, 0.29) is 6.03 Å². The van der Waals surface area contributed by atoms with E-state index in [1.54, 1.807) is 0 Å². The topological polar surface area (TPSA) is 61.4 Å². The van der Waals surface area contributed by atoms with Crippen molar-refractivity contribution in [3.63, 3.8) is 0 Å². The van der Waals surface area contributed by atoms with Crippen molar-refractivity contribution in [3.8, 4) is 11.3 Å². The van der Waals surface area contributed by atoms with Crippen molar-refractivity contribution in [1.82, 2.24) is 15.1 Å². The molecule has 0 saturated carbocycles. The molecule has 1 N–H and O–H groups in total. The first-order valence-corrected chi connectivity index (χ1v) is 10.5. The summed E-state index contributed by atoms with van der Waals surface area (Å²) in [4.78, 5) is 16.5. The van der Waals surface area contributed by atoms with Crippen LogP contribution in [0.5, 0.6) is 0 Å². The van der Waals surface area contributed by atoms with Gasteiger partial charge in [-0.2, -0.15) is 0 Å². The van der Waals surface area contributed by atoms with Gasteiger partial charge in [-0.3, -0.25) is 0 Å². The van der Waals surface area contributed by atoms with Crippen LogP contribution in [0.15, 0.2) is 60.7 Å². The molecular weight excluding hydrogens is 398 g/mol. The summed E-state index contributed by atoms with van der Waals surface area (Å²) in [5.74, 6) is 0.822. The highest BCUT2D eigenvalue weighted by atomic mass is 35.5. The Labute approximate surface area is 181 Å². The molecule has 7 heteroatoms. The summed E-state index contributed by atoms with van der Waals surface area (Å²) in [7, 11) is 0. The largest absolute Gasteiger partial charge is 0.352 e. The van der Waals surface area contributed by atoms with E-state index < -0.39 is 0 Å². The first-order chi connectivity index (χ1) is 14.6. The normalized spacial score (nSPS) is 13.9. The maximum Gasteiger partial charge on any atom is 0.321 e. The molecule has 4 rings (SSSR count). The summed E-state index contributed by atoms with van der Waals surface area (Å²) in [5.41, 5.74) is 3.86. The number of benzene rings is 2. The number of rotatable bonds is 4. The molecular formula is C23H24ClN5O. The highest BCUT2D eigenvalue weighted by Gasteiger charge is 2.22. The van der Waals surface area contributed by atoms with Gasteiger partial charge in [0.05, 0.1) is 5.69 Å². The zero-order chi connectivity index (χ0) is 20.9. The average Bonchev–Trinajstić information content (AvgIpc) is 2.80. The summed E-state index contributed by atoms with van der Waals surface area (Å²) in [6, 6.07) is 19.4. The van der Waals surface area contributed by atoms with Gasteiger partial charge in [0.25, 0.3) is 0 Å². The standard InChI is InChI=1S/C23H24ClN5O/c1-2-17-3-9-20(10-4-17)25-23(30)29-15-13-28(14-16-29)22-12-11-21(26-27-22)18-5-7-19(24)8-6-18/h3-12H,2,13-16H2,1H3,(H,25,30). The molecule has 0 bridgehead atoms. The molecule has 1 aromatic heterocycles. The highest BCUT2D eigenvalue weighted by molar-refractivity contribution is 6.30. The van der Waals surface area contributed by atoms with Crippen molar-refractivity contribution < 1.29 is 4.79 Å². The van der Waals surface area contributed by atoms with Gasteiger partial charge in [-0.05, 0) is 48.4 Å². The molecule has 154 valence electrons. The maximum atomic E-state index is 12.5. The fourth-order valence-electron chi connectivity index (χ4n) is 3.43. The lowest BCUT2D eigenvalue weighted by atomic mass is 10.1. The molecule has 3 aromatic rings. The number of carbonyl (C=O) groups is 1. The van der Waals surface area contributed by atoms with Gasteiger partial charge >= 0.3 is 6.03 Å². The Hall–Kier alpha value is -3.12. The quantitative estimate of drug-likeness (QED) is 0.662. The van der Waals surface area contributed by atoms with Crippen LogP contribution in [0.3, 0.4) is 0 Å². The van der Waals surface area contributed by atoms with Crippen molar-refractivity contribution in [2.75, 3.05) is 36.4 Å². The van der Waals surface area contributed by atoms with E-state index in [1.807, 2.05) is 65.6 Å². The second kappa shape index (κ2) is 9.13. The molecule has 1 aliphatic rings. The van der Waals surface area contributed by atoms with Crippen molar-refractivity contribution in [1.29, 1.82) is 0 Å². The Bertz CT molecular complexity index is 982. The summed E-state index contributed by atoms with van der Waals surface area (Å²) in [6.07, 6.45) is 0.986. The lowest BCUT2D eigenvalue weighted by molar-refractivity contribution is 0.208. The van der Waals surface area contributed by atoms with E-state index in [0.29, 0.717) is 18.1 Å². The molecule has 0 unspecified atom stereocenters.